The molecule has 1 aromatic heterocycles. The molecule has 2 heterocycles. The minimum atomic E-state index is 0.0141. The van der Waals surface area contributed by atoms with Crippen molar-refractivity contribution in [3.8, 4) is 5.69 Å². The second kappa shape index (κ2) is 6.50. The molecule has 0 spiro atoms. The molecule has 2 aromatic rings. The molecule has 1 aliphatic rings. The Kier molecular flexibility index (Phi) is 4.45. The monoisotopic (exact) mass is 318 g/mol. The van der Waals surface area contributed by atoms with Crippen molar-refractivity contribution in [2.45, 2.75) is 18.9 Å². The maximum absolute atomic E-state index is 12.6. The molecule has 0 atom stereocenters. The molecule has 3 rings (SSSR count). The molecule has 22 heavy (non-hydrogen) atoms. The molecule has 1 fully saturated rings. The summed E-state index contributed by atoms with van der Waals surface area (Å²) < 4.78 is 1.68. The number of carbonyl (C=O) groups excluding carboxylic acids is 1. The summed E-state index contributed by atoms with van der Waals surface area (Å²) >= 11 is 5.99. The van der Waals surface area contributed by atoms with Gasteiger partial charge in [-0.2, -0.15) is 5.10 Å². The van der Waals surface area contributed by atoms with Crippen LogP contribution in [-0.2, 0) is 0 Å². The number of aromatic nitrogens is 2. The van der Waals surface area contributed by atoms with Crippen molar-refractivity contribution in [3.63, 3.8) is 0 Å². The van der Waals surface area contributed by atoms with Crippen LogP contribution in [0, 0.1) is 0 Å². The second-order valence-corrected chi connectivity index (χ2v) is 5.99. The Morgan fingerprint density at radius 3 is 2.91 bits per heavy atom. The Morgan fingerprint density at radius 2 is 2.18 bits per heavy atom. The first-order chi connectivity index (χ1) is 10.6. The molecule has 6 heteroatoms. The third kappa shape index (κ3) is 3.15. The highest BCUT2D eigenvalue weighted by atomic mass is 35.5. The van der Waals surface area contributed by atoms with E-state index in [4.69, 9.17) is 11.6 Å². The lowest BCUT2D eigenvalue weighted by Gasteiger charge is -2.31. The summed E-state index contributed by atoms with van der Waals surface area (Å²) in [4.78, 5) is 14.4. The largest absolute Gasteiger partial charge is 0.339 e. The Morgan fingerprint density at radius 1 is 1.41 bits per heavy atom. The molecule has 1 aliphatic heterocycles. The van der Waals surface area contributed by atoms with Crippen molar-refractivity contribution in [2.24, 2.45) is 0 Å². The van der Waals surface area contributed by atoms with Crippen molar-refractivity contribution >= 4 is 17.5 Å². The van der Waals surface area contributed by atoms with Crippen molar-refractivity contribution < 1.29 is 4.79 Å². The summed E-state index contributed by atoms with van der Waals surface area (Å²) in [7, 11) is 1.87. The van der Waals surface area contributed by atoms with Crippen LogP contribution in [-0.4, -0.2) is 46.8 Å². The highest BCUT2D eigenvalue weighted by Gasteiger charge is 2.23. The van der Waals surface area contributed by atoms with Crippen molar-refractivity contribution in [1.29, 1.82) is 0 Å². The number of carbonyl (C=O) groups is 1. The van der Waals surface area contributed by atoms with E-state index < -0.39 is 0 Å². The minimum Gasteiger partial charge on any atom is -0.339 e. The van der Waals surface area contributed by atoms with E-state index in [0.29, 0.717) is 16.6 Å². The van der Waals surface area contributed by atoms with E-state index in [2.05, 4.69) is 10.4 Å². The van der Waals surface area contributed by atoms with Gasteiger partial charge in [0, 0.05) is 24.3 Å². The third-order valence-corrected chi connectivity index (χ3v) is 4.31. The van der Waals surface area contributed by atoms with Gasteiger partial charge in [0.25, 0.3) is 5.91 Å². The van der Waals surface area contributed by atoms with Crippen LogP contribution in [0.4, 0.5) is 0 Å². The molecule has 1 saturated heterocycles. The normalized spacial score (nSPS) is 15.7. The highest BCUT2D eigenvalue weighted by Crippen LogP contribution is 2.17. The van der Waals surface area contributed by atoms with Crippen LogP contribution in [0.5, 0.6) is 0 Å². The smallest absolute Gasteiger partial charge is 0.257 e. The number of hydrogen-bond acceptors (Lipinski definition) is 3. The van der Waals surface area contributed by atoms with E-state index in [-0.39, 0.29) is 5.91 Å². The van der Waals surface area contributed by atoms with Gasteiger partial charge in [-0.15, -0.1) is 0 Å². The van der Waals surface area contributed by atoms with Gasteiger partial charge >= 0.3 is 0 Å². The summed E-state index contributed by atoms with van der Waals surface area (Å²) in [6.07, 6.45) is 5.35. The SMILES string of the molecule is CN(C(=O)c1cnn(-c2cccc(Cl)c2)c1)C1CCNCC1. The molecule has 0 unspecified atom stereocenters. The minimum absolute atomic E-state index is 0.0141. The molecular formula is C16H19ClN4O. The van der Waals surface area contributed by atoms with E-state index in [1.807, 2.05) is 36.2 Å². The van der Waals surface area contributed by atoms with Crippen molar-refractivity contribution in [3.05, 3.63) is 47.2 Å². The van der Waals surface area contributed by atoms with Gasteiger partial charge in [0.1, 0.15) is 0 Å². The van der Waals surface area contributed by atoms with E-state index in [1.165, 1.54) is 0 Å². The first-order valence-electron chi connectivity index (χ1n) is 7.43. The van der Waals surface area contributed by atoms with Gasteiger partial charge in [0.05, 0.1) is 17.4 Å². The molecule has 1 aromatic carbocycles. The number of amides is 1. The van der Waals surface area contributed by atoms with E-state index in [0.717, 1.165) is 31.6 Å². The van der Waals surface area contributed by atoms with Gasteiger partial charge in [-0.3, -0.25) is 4.79 Å². The summed E-state index contributed by atoms with van der Waals surface area (Å²) in [6, 6.07) is 7.69. The summed E-state index contributed by atoms with van der Waals surface area (Å²) in [6.45, 7) is 1.92. The number of nitrogens with one attached hydrogen (secondary N) is 1. The van der Waals surface area contributed by atoms with E-state index in [1.54, 1.807) is 17.1 Å². The Labute approximate surface area is 134 Å². The first kappa shape index (κ1) is 15.1. The van der Waals surface area contributed by atoms with Crippen molar-refractivity contribution in [2.75, 3.05) is 20.1 Å². The van der Waals surface area contributed by atoms with Crippen LogP contribution in [0.3, 0.4) is 0 Å². The number of halogens is 1. The van der Waals surface area contributed by atoms with Gasteiger partial charge in [-0.05, 0) is 44.1 Å². The zero-order valence-corrected chi connectivity index (χ0v) is 13.3. The number of piperidine rings is 1. The molecule has 0 aliphatic carbocycles. The number of benzene rings is 1. The summed E-state index contributed by atoms with van der Waals surface area (Å²) in [5, 5.41) is 8.23. The van der Waals surface area contributed by atoms with E-state index in [9.17, 15) is 4.79 Å². The van der Waals surface area contributed by atoms with E-state index >= 15 is 0 Å². The number of rotatable bonds is 3. The topological polar surface area (TPSA) is 50.2 Å². The molecule has 1 amide bonds. The number of nitrogens with zero attached hydrogens (tertiary/aromatic N) is 3. The van der Waals surface area contributed by atoms with Gasteiger partial charge in [-0.1, -0.05) is 17.7 Å². The first-order valence-corrected chi connectivity index (χ1v) is 7.81. The van der Waals surface area contributed by atoms with Gasteiger partial charge < -0.3 is 10.2 Å². The summed E-state index contributed by atoms with van der Waals surface area (Å²) in [5.41, 5.74) is 1.44. The van der Waals surface area contributed by atoms with Gasteiger partial charge in [0.2, 0.25) is 0 Å². The molecule has 116 valence electrons. The second-order valence-electron chi connectivity index (χ2n) is 5.55. The number of hydrogen-bond donors (Lipinski definition) is 1. The van der Waals surface area contributed by atoms with Crippen LogP contribution in [0.2, 0.25) is 5.02 Å². The van der Waals surface area contributed by atoms with Gasteiger partial charge in [-0.25, -0.2) is 4.68 Å². The molecule has 1 N–H and O–H groups in total. The molecular weight excluding hydrogens is 300 g/mol. The highest BCUT2D eigenvalue weighted by molar-refractivity contribution is 6.30. The lowest BCUT2D eigenvalue weighted by Crippen LogP contribution is -2.43. The zero-order valence-electron chi connectivity index (χ0n) is 12.5. The van der Waals surface area contributed by atoms with Crippen molar-refractivity contribution in [1.82, 2.24) is 20.0 Å². The fourth-order valence-corrected chi connectivity index (χ4v) is 2.94. The Hall–Kier alpha value is -1.85. The van der Waals surface area contributed by atoms with Crippen LogP contribution in [0.1, 0.15) is 23.2 Å². The zero-order chi connectivity index (χ0) is 15.5. The lowest BCUT2D eigenvalue weighted by atomic mass is 10.0. The molecule has 0 saturated carbocycles. The van der Waals surface area contributed by atoms with Crippen LogP contribution >= 0.6 is 11.6 Å². The van der Waals surface area contributed by atoms with Crippen LogP contribution in [0.25, 0.3) is 5.69 Å². The molecule has 0 bridgehead atoms. The average Bonchev–Trinajstić information content (AvgIpc) is 3.04. The van der Waals surface area contributed by atoms with Crippen LogP contribution < -0.4 is 5.32 Å². The quantitative estimate of drug-likeness (QED) is 0.945. The fraction of sp³-hybridized carbons (Fsp3) is 0.375. The Balaban J connectivity index is 1.76. The van der Waals surface area contributed by atoms with Gasteiger partial charge in [0.15, 0.2) is 0 Å². The third-order valence-electron chi connectivity index (χ3n) is 4.08. The predicted molar refractivity (Wildman–Crippen MR) is 86.6 cm³/mol. The Bertz CT molecular complexity index is 664. The summed E-state index contributed by atoms with van der Waals surface area (Å²) in [5.74, 6) is 0.0141. The maximum atomic E-state index is 12.6. The molecule has 0 radical (unpaired) electrons. The van der Waals surface area contributed by atoms with Crippen LogP contribution in [0.15, 0.2) is 36.7 Å². The fourth-order valence-electron chi connectivity index (χ4n) is 2.76. The lowest BCUT2D eigenvalue weighted by molar-refractivity contribution is 0.0703. The standard InChI is InChI=1S/C16H19ClN4O/c1-20(14-5-7-18-8-6-14)16(22)12-10-19-21(11-12)15-4-2-3-13(17)9-15/h2-4,9-11,14,18H,5-8H2,1H3. The average molecular weight is 319 g/mol. The molecule has 5 nitrogen and oxygen atoms in total. The predicted octanol–water partition coefficient (Wildman–Crippen LogP) is 2.35. The maximum Gasteiger partial charge on any atom is 0.257 e.